The van der Waals surface area contributed by atoms with Gasteiger partial charge >= 0.3 is 0 Å². The molecule has 44 heavy (non-hydrogen) atoms. The van der Waals surface area contributed by atoms with E-state index in [1.165, 1.54) is 0 Å². The Morgan fingerprint density at radius 1 is 0.773 bits per heavy atom. The molecule has 1 aliphatic rings. The van der Waals surface area contributed by atoms with Crippen LogP contribution in [-0.2, 0) is 30.4 Å². The zero-order chi connectivity index (χ0) is 30.8. The van der Waals surface area contributed by atoms with E-state index in [0.717, 1.165) is 27.4 Å². The summed E-state index contributed by atoms with van der Waals surface area (Å²) in [4.78, 5) is 43.4. The van der Waals surface area contributed by atoms with Crippen molar-refractivity contribution in [2.45, 2.75) is 30.8 Å². The van der Waals surface area contributed by atoms with Crippen LogP contribution < -0.4 is 15.5 Å². The minimum atomic E-state index is -0.178. The van der Waals surface area contributed by atoms with Crippen LogP contribution in [0.4, 0.5) is 5.69 Å². The Hall–Kier alpha value is -3.82. The van der Waals surface area contributed by atoms with Gasteiger partial charge < -0.3 is 25.0 Å². The molecule has 0 saturated carbocycles. The van der Waals surface area contributed by atoms with Crippen molar-refractivity contribution >= 4 is 45.0 Å². The zero-order valence-corrected chi connectivity index (χ0v) is 26.1. The molecule has 1 aromatic heterocycles. The maximum Gasteiger partial charge on any atom is 0.229 e. The summed E-state index contributed by atoms with van der Waals surface area (Å²) in [6, 6.07) is 21.2. The number of para-hydroxylation sites is 1. The first-order valence-electron chi connectivity index (χ1n) is 14.5. The van der Waals surface area contributed by atoms with Crippen LogP contribution in [0.3, 0.4) is 0 Å². The van der Waals surface area contributed by atoms with Crippen LogP contribution in [0.25, 0.3) is 0 Å². The first-order valence-corrected chi connectivity index (χ1v) is 16.8. The van der Waals surface area contributed by atoms with Crippen LogP contribution in [0.1, 0.15) is 36.0 Å². The lowest BCUT2D eigenvalue weighted by atomic mass is 10.0. The van der Waals surface area contributed by atoms with Crippen LogP contribution >= 0.6 is 21.6 Å². The van der Waals surface area contributed by atoms with Gasteiger partial charge in [-0.05, 0) is 46.7 Å². The van der Waals surface area contributed by atoms with Gasteiger partial charge in [-0.15, -0.1) is 0 Å². The Kier molecular flexibility index (Phi) is 14.1. The predicted octanol–water partition coefficient (Wildman–Crippen LogP) is 4.20. The summed E-state index contributed by atoms with van der Waals surface area (Å²) >= 11 is 0. The summed E-state index contributed by atoms with van der Waals surface area (Å²) in [6.45, 7) is 2.44. The number of amides is 3. The summed E-state index contributed by atoms with van der Waals surface area (Å²) in [5.74, 6) is 6.82. The molecule has 230 valence electrons. The van der Waals surface area contributed by atoms with Crippen LogP contribution in [0, 0.1) is 11.8 Å². The number of hydrogen-bond acceptors (Lipinski definition) is 8. The molecule has 2 heterocycles. The second-order valence-electron chi connectivity index (χ2n) is 9.65. The minimum Gasteiger partial charge on any atom is -0.379 e. The second kappa shape index (κ2) is 18.8. The highest BCUT2D eigenvalue weighted by atomic mass is 33.1. The molecule has 11 heteroatoms. The highest BCUT2D eigenvalue weighted by Crippen LogP contribution is 2.29. The number of nitrogens with zero attached hydrogens (tertiary/aromatic N) is 2. The van der Waals surface area contributed by atoms with Gasteiger partial charge in [0.05, 0.1) is 38.7 Å². The fourth-order valence-corrected chi connectivity index (χ4v) is 6.08. The molecular weight excluding hydrogens is 597 g/mol. The second-order valence-corrected chi connectivity index (χ2v) is 12.1. The quantitative estimate of drug-likeness (QED) is 0.130. The first-order chi connectivity index (χ1) is 21.6. The van der Waals surface area contributed by atoms with Crippen molar-refractivity contribution in [1.29, 1.82) is 0 Å². The number of carbonyl (C=O) groups is 3. The molecule has 0 saturated heterocycles. The largest absolute Gasteiger partial charge is 0.379 e. The van der Waals surface area contributed by atoms with Gasteiger partial charge in [-0.25, -0.2) is 4.98 Å². The van der Waals surface area contributed by atoms with Gasteiger partial charge in [-0.3, -0.25) is 14.4 Å². The maximum atomic E-state index is 13.2. The number of fused-ring (bicyclic) bond motifs is 2. The summed E-state index contributed by atoms with van der Waals surface area (Å²) in [6.07, 6.45) is 2.54. The number of anilines is 1. The van der Waals surface area contributed by atoms with Gasteiger partial charge in [0.25, 0.3) is 0 Å². The van der Waals surface area contributed by atoms with Gasteiger partial charge in [-0.2, -0.15) is 0 Å². The highest BCUT2D eigenvalue weighted by Gasteiger charge is 2.21. The molecule has 1 aliphatic heterocycles. The molecule has 9 nitrogen and oxygen atoms in total. The number of nitrogens with one attached hydrogen (secondary N) is 2. The van der Waals surface area contributed by atoms with Crippen molar-refractivity contribution in [1.82, 2.24) is 15.6 Å². The first kappa shape index (κ1) is 33.1. The normalized spacial score (nSPS) is 11.7. The molecule has 0 spiro atoms. The third-order valence-electron chi connectivity index (χ3n) is 6.44. The van der Waals surface area contributed by atoms with Crippen molar-refractivity contribution in [2.75, 3.05) is 50.2 Å². The van der Waals surface area contributed by atoms with Crippen LogP contribution in [0.15, 0.2) is 78.0 Å². The van der Waals surface area contributed by atoms with Gasteiger partial charge in [0.2, 0.25) is 17.7 Å². The van der Waals surface area contributed by atoms with E-state index >= 15 is 0 Å². The molecule has 3 aromatic rings. The summed E-state index contributed by atoms with van der Waals surface area (Å²) in [7, 11) is 3.15. The molecule has 0 bridgehead atoms. The fraction of sp³-hybridized carbons (Fsp3) is 0.333. The van der Waals surface area contributed by atoms with Crippen molar-refractivity contribution in [3.63, 3.8) is 0 Å². The van der Waals surface area contributed by atoms with Crippen LogP contribution in [-0.4, -0.2) is 68.0 Å². The minimum absolute atomic E-state index is 0.0157. The molecule has 2 N–H and O–H groups in total. The summed E-state index contributed by atoms with van der Waals surface area (Å²) in [5, 5.41) is 6.57. The van der Waals surface area contributed by atoms with Gasteiger partial charge in [0, 0.05) is 55.4 Å². The number of rotatable bonds is 17. The summed E-state index contributed by atoms with van der Waals surface area (Å²) in [5.41, 5.74) is 3.46. The Balaban J connectivity index is 1.02. The van der Waals surface area contributed by atoms with Gasteiger partial charge in [0.15, 0.2) is 0 Å². The lowest BCUT2D eigenvalue weighted by Gasteiger charge is -2.26. The molecule has 0 fully saturated rings. The number of hydrogen-bond donors (Lipinski definition) is 2. The highest BCUT2D eigenvalue weighted by molar-refractivity contribution is 8.76. The average molecular weight is 633 g/mol. The third kappa shape index (κ3) is 11.4. The van der Waals surface area contributed by atoms with Crippen molar-refractivity contribution in [2.24, 2.45) is 0 Å². The SMILES string of the molecule is O=C(CCOCCOCCNC(=O)CCSSc1ccccn1)NCCC(=O)N1Cc2ccccc2C#Cc2ccccc21. The fourth-order valence-electron chi connectivity index (χ4n) is 4.21. The number of benzene rings is 2. The van der Waals surface area contributed by atoms with E-state index in [-0.39, 0.29) is 43.7 Å². The molecule has 0 aliphatic carbocycles. The molecule has 0 radical (unpaired) electrons. The van der Waals surface area contributed by atoms with Gasteiger partial charge in [0.1, 0.15) is 5.03 Å². The Bertz CT molecular complexity index is 1440. The standard InChI is InChI=1S/C33H36N4O5S2/c38-30(15-20-41-22-23-42-21-19-35-31(39)16-24-43-44-32-11-5-6-17-36-32)34-18-14-33(40)37-25-28-9-2-1-7-26(28)12-13-27-8-3-4-10-29(27)37/h1-11,17H,14-16,18-25H2,(H,34,38)(H,35,39). The van der Waals surface area contributed by atoms with E-state index in [2.05, 4.69) is 27.5 Å². The van der Waals surface area contributed by atoms with E-state index in [0.29, 0.717) is 45.1 Å². The third-order valence-corrected chi connectivity index (χ3v) is 8.71. The lowest BCUT2D eigenvalue weighted by Crippen LogP contribution is -2.35. The Morgan fingerprint density at radius 3 is 2.32 bits per heavy atom. The molecule has 2 aromatic carbocycles. The Labute approximate surface area is 266 Å². The number of aromatic nitrogens is 1. The van der Waals surface area contributed by atoms with Crippen molar-refractivity contribution in [3.8, 4) is 11.8 Å². The number of pyridine rings is 1. The predicted molar refractivity (Wildman–Crippen MR) is 174 cm³/mol. The number of ether oxygens (including phenoxy) is 2. The van der Waals surface area contributed by atoms with E-state index < -0.39 is 0 Å². The number of carbonyl (C=O) groups excluding carboxylic acids is 3. The van der Waals surface area contributed by atoms with Crippen molar-refractivity contribution < 1.29 is 23.9 Å². The van der Waals surface area contributed by atoms with E-state index in [1.807, 2.05) is 66.7 Å². The lowest BCUT2D eigenvalue weighted by molar-refractivity contribution is -0.123. The molecule has 4 rings (SSSR count). The van der Waals surface area contributed by atoms with E-state index in [1.54, 1.807) is 32.7 Å². The van der Waals surface area contributed by atoms with Crippen LogP contribution in [0.2, 0.25) is 0 Å². The maximum absolute atomic E-state index is 13.2. The topological polar surface area (TPSA) is 110 Å². The zero-order valence-electron chi connectivity index (χ0n) is 24.5. The Morgan fingerprint density at radius 2 is 1.48 bits per heavy atom. The van der Waals surface area contributed by atoms with E-state index in [9.17, 15) is 14.4 Å². The summed E-state index contributed by atoms with van der Waals surface area (Å²) < 4.78 is 11.0. The molecule has 0 unspecified atom stereocenters. The molecule has 0 atom stereocenters. The van der Waals surface area contributed by atoms with Gasteiger partial charge in [-0.1, -0.05) is 59.0 Å². The average Bonchev–Trinajstić information content (AvgIpc) is 3.04. The molecular formula is C33H36N4O5S2. The monoisotopic (exact) mass is 632 g/mol. The van der Waals surface area contributed by atoms with E-state index in [4.69, 9.17) is 9.47 Å². The smallest absolute Gasteiger partial charge is 0.229 e. The molecule has 3 amide bonds. The van der Waals surface area contributed by atoms with Crippen LogP contribution in [0.5, 0.6) is 0 Å². The van der Waals surface area contributed by atoms with Crippen molar-refractivity contribution in [3.05, 3.63) is 89.6 Å².